The van der Waals surface area contributed by atoms with Crippen molar-refractivity contribution in [3.63, 3.8) is 0 Å². The van der Waals surface area contributed by atoms with Gasteiger partial charge < -0.3 is 21.1 Å². The molecular weight excluding hydrogens is 340 g/mol. The number of nitrogens with one attached hydrogen (secondary N) is 3. The first-order valence-corrected chi connectivity index (χ1v) is 9.17. The number of aliphatic hydroxyl groups excluding tert-OH is 1. The third-order valence-electron chi connectivity index (χ3n) is 4.02. The Hall–Kier alpha value is -2.86. The van der Waals surface area contributed by atoms with Crippen molar-refractivity contribution in [3.8, 4) is 0 Å². The predicted octanol–water partition coefficient (Wildman–Crippen LogP) is 2.48. The maximum atomic E-state index is 11.2. The molecule has 27 heavy (non-hydrogen) atoms. The van der Waals surface area contributed by atoms with E-state index >= 15 is 0 Å². The highest BCUT2D eigenvalue weighted by atomic mass is 16.3. The highest BCUT2D eigenvalue weighted by Crippen LogP contribution is 2.14. The molecule has 1 unspecified atom stereocenters. The maximum absolute atomic E-state index is 11.2. The number of benzene rings is 2. The first-order chi connectivity index (χ1) is 13.1. The molecule has 0 aliphatic heterocycles. The van der Waals surface area contributed by atoms with E-state index in [1.165, 1.54) is 6.92 Å². The molecule has 4 N–H and O–H groups in total. The van der Waals surface area contributed by atoms with Crippen LogP contribution >= 0.6 is 0 Å². The first-order valence-electron chi connectivity index (χ1n) is 9.17. The summed E-state index contributed by atoms with van der Waals surface area (Å²) in [5.74, 6) is 0.594. The molecule has 0 aliphatic carbocycles. The van der Waals surface area contributed by atoms with Crippen LogP contribution in [0.2, 0.25) is 0 Å². The molecule has 0 aliphatic rings. The second kappa shape index (κ2) is 11.0. The Bertz CT molecular complexity index is 747. The lowest BCUT2D eigenvalue weighted by atomic mass is 10.0. The number of guanidine groups is 1. The van der Waals surface area contributed by atoms with Crippen molar-refractivity contribution in [2.45, 2.75) is 26.3 Å². The summed E-state index contributed by atoms with van der Waals surface area (Å²) < 4.78 is 0. The van der Waals surface area contributed by atoms with Crippen molar-refractivity contribution in [3.05, 3.63) is 65.7 Å². The number of nitrogens with zero attached hydrogens (tertiary/aromatic N) is 1. The number of carbonyl (C=O) groups excluding carboxylic acids is 1. The zero-order valence-corrected chi connectivity index (χ0v) is 15.9. The van der Waals surface area contributed by atoms with Crippen LogP contribution < -0.4 is 16.0 Å². The van der Waals surface area contributed by atoms with Crippen LogP contribution in [0.4, 0.5) is 5.69 Å². The number of anilines is 1. The van der Waals surface area contributed by atoms with Gasteiger partial charge in [-0.2, -0.15) is 0 Å². The zero-order valence-electron chi connectivity index (χ0n) is 15.9. The van der Waals surface area contributed by atoms with Gasteiger partial charge in [-0.05, 0) is 30.2 Å². The third kappa shape index (κ3) is 7.11. The second-order valence-electron chi connectivity index (χ2n) is 6.25. The van der Waals surface area contributed by atoms with E-state index in [-0.39, 0.29) is 18.4 Å². The lowest BCUT2D eigenvalue weighted by molar-refractivity contribution is -0.114. The number of aliphatic imine (C=N–C) groups is 1. The molecule has 2 aromatic carbocycles. The molecule has 0 fully saturated rings. The van der Waals surface area contributed by atoms with Crippen molar-refractivity contribution in [1.82, 2.24) is 10.6 Å². The SMILES string of the molecule is CCNC(=NCc1cccc(NC(C)=O)c1)NCC(CO)c1ccccc1. The topological polar surface area (TPSA) is 85.8 Å². The summed E-state index contributed by atoms with van der Waals surface area (Å²) in [5.41, 5.74) is 2.85. The molecule has 0 aromatic heterocycles. The number of amides is 1. The van der Waals surface area contributed by atoms with Gasteiger partial charge in [-0.25, -0.2) is 4.99 Å². The molecule has 6 nitrogen and oxygen atoms in total. The summed E-state index contributed by atoms with van der Waals surface area (Å²) in [6, 6.07) is 17.6. The van der Waals surface area contributed by atoms with Crippen molar-refractivity contribution in [2.24, 2.45) is 4.99 Å². The van der Waals surface area contributed by atoms with Crippen molar-refractivity contribution in [2.75, 3.05) is 25.0 Å². The van der Waals surface area contributed by atoms with Gasteiger partial charge in [0, 0.05) is 31.6 Å². The fourth-order valence-electron chi connectivity index (χ4n) is 2.70. The normalized spacial score (nSPS) is 12.3. The fraction of sp³-hybridized carbons (Fsp3) is 0.333. The van der Waals surface area contributed by atoms with E-state index in [0.717, 1.165) is 23.4 Å². The lowest BCUT2D eigenvalue weighted by Gasteiger charge is -2.18. The molecule has 0 saturated heterocycles. The number of carbonyl (C=O) groups is 1. The van der Waals surface area contributed by atoms with Crippen molar-refractivity contribution < 1.29 is 9.90 Å². The van der Waals surface area contributed by atoms with Gasteiger partial charge in [0.25, 0.3) is 0 Å². The van der Waals surface area contributed by atoms with Crippen LogP contribution in [0, 0.1) is 0 Å². The molecule has 0 saturated carbocycles. The molecule has 2 aromatic rings. The number of aliphatic hydroxyl groups is 1. The van der Waals surface area contributed by atoms with E-state index in [2.05, 4.69) is 20.9 Å². The van der Waals surface area contributed by atoms with Gasteiger partial charge in [0.2, 0.25) is 5.91 Å². The summed E-state index contributed by atoms with van der Waals surface area (Å²) in [4.78, 5) is 15.8. The Morgan fingerprint density at radius 2 is 1.89 bits per heavy atom. The molecule has 0 bridgehead atoms. The molecular formula is C21H28N4O2. The minimum absolute atomic E-state index is 0.00171. The van der Waals surface area contributed by atoms with Crippen LogP contribution in [-0.2, 0) is 11.3 Å². The van der Waals surface area contributed by atoms with Gasteiger partial charge in [0.1, 0.15) is 0 Å². The van der Waals surface area contributed by atoms with Crippen LogP contribution in [0.1, 0.15) is 30.9 Å². The highest BCUT2D eigenvalue weighted by Gasteiger charge is 2.10. The Morgan fingerprint density at radius 1 is 1.11 bits per heavy atom. The quantitative estimate of drug-likeness (QED) is 0.426. The highest BCUT2D eigenvalue weighted by molar-refractivity contribution is 5.88. The van der Waals surface area contributed by atoms with Crippen molar-refractivity contribution >= 4 is 17.6 Å². The second-order valence-corrected chi connectivity index (χ2v) is 6.25. The van der Waals surface area contributed by atoms with Crippen LogP contribution in [0.3, 0.4) is 0 Å². The average Bonchev–Trinajstić information content (AvgIpc) is 2.67. The smallest absolute Gasteiger partial charge is 0.221 e. The number of hydrogen-bond acceptors (Lipinski definition) is 3. The standard InChI is InChI=1S/C21H28N4O2/c1-3-22-21(24-14-19(15-26)18-9-5-4-6-10-18)23-13-17-8-7-11-20(12-17)25-16(2)27/h4-12,19,26H,3,13-15H2,1-2H3,(H,25,27)(H2,22,23,24). The Balaban J connectivity index is 2.00. The number of hydrogen-bond donors (Lipinski definition) is 4. The molecule has 1 atom stereocenters. The Kier molecular flexibility index (Phi) is 8.32. The third-order valence-corrected chi connectivity index (χ3v) is 4.02. The van der Waals surface area contributed by atoms with Crippen LogP contribution in [0.15, 0.2) is 59.6 Å². The fourth-order valence-corrected chi connectivity index (χ4v) is 2.70. The van der Waals surface area contributed by atoms with E-state index in [4.69, 9.17) is 0 Å². The molecule has 0 heterocycles. The van der Waals surface area contributed by atoms with Crippen LogP contribution in [-0.4, -0.2) is 36.7 Å². The van der Waals surface area contributed by atoms with E-state index in [1.54, 1.807) is 0 Å². The van der Waals surface area contributed by atoms with Crippen LogP contribution in [0.5, 0.6) is 0 Å². The van der Waals surface area contributed by atoms with E-state index < -0.39 is 0 Å². The Labute approximate surface area is 160 Å². The first kappa shape index (κ1) is 20.5. The average molecular weight is 368 g/mol. The monoisotopic (exact) mass is 368 g/mol. The van der Waals surface area contributed by atoms with Gasteiger partial charge in [-0.1, -0.05) is 42.5 Å². The minimum Gasteiger partial charge on any atom is -0.396 e. The maximum Gasteiger partial charge on any atom is 0.221 e. The van der Waals surface area contributed by atoms with Gasteiger partial charge >= 0.3 is 0 Å². The molecule has 6 heteroatoms. The summed E-state index contributed by atoms with van der Waals surface area (Å²) in [6.45, 7) is 5.37. The summed E-state index contributed by atoms with van der Waals surface area (Å²) in [7, 11) is 0. The summed E-state index contributed by atoms with van der Waals surface area (Å²) >= 11 is 0. The molecule has 144 valence electrons. The minimum atomic E-state index is -0.0957. The number of rotatable bonds is 8. The molecule has 2 rings (SSSR count). The van der Waals surface area contributed by atoms with Gasteiger partial charge in [0.05, 0.1) is 13.2 Å². The molecule has 0 spiro atoms. The van der Waals surface area contributed by atoms with Crippen molar-refractivity contribution in [1.29, 1.82) is 0 Å². The largest absolute Gasteiger partial charge is 0.396 e. The van der Waals surface area contributed by atoms with E-state index in [9.17, 15) is 9.90 Å². The van der Waals surface area contributed by atoms with Gasteiger partial charge in [-0.15, -0.1) is 0 Å². The van der Waals surface area contributed by atoms with E-state index in [0.29, 0.717) is 19.0 Å². The predicted molar refractivity (Wildman–Crippen MR) is 110 cm³/mol. The van der Waals surface area contributed by atoms with Gasteiger partial charge in [-0.3, -0.25) is 4.79 Å². The summed E-state index contributed by atoms with van der Waals surface area (Å²) in [6.07, 6.45) is 0. The molecule has 1 amide bonds. The Morgan fingerprint density at radius 3 is 2.56 bits per heavy atom. The van der Waals surface area contributed by atoms with Crippen LogP contribution in [0.25, 0.3) is 0 Å². The van der Waals surface area contributed by atoms with E-state index in [1.807, 2.05) is 61.5 Å². The van der Waals surface area contributed by atoms with Gasteiger partial charge in [0.15, 0.2) is 5.96 Å². The summed E-state index contributed by atoms with van der Waals surface area (Å²) in [5, 5.41) is 19.0. The zero-order chi connectivity index (χ0) is 19.5. The lowest BCUT2D eigenvalue weighted by Crippen LogP contribution is -2.39. The molecule has 0 radical (unpaired) electrons.